The molecule has 0 aliphatic carbocycles. The van der Waals surface area contributed by atoms with Crippen LogP contribution in [0.5, 0.6) is 11.5 Å². The molecule has 17 heavy (non-hydrogen) atoms. The molecule has 1 aliphatic rings. The van der Waals surface area contributed by atoms with Crippen molar-refractivity contribution in [2.75, 3.05) is 13.2 Å². The molecular weight excluding hydrogens is 216 g/mol. The van der Waals surface area contributed by atoms with E-state index in [2.05, 4.69) is 11.2 Å². The van der Waals surface area contributed by atoms with Crippen molar-refractivity contribution >= 4 is 0 Å². The fourth-order valence-electron chi connectivity index (χ4n) is 2.08. The van der Waals surface area contributed by atoms with Crippen LogP contribution in [0.15, 0.2) is 24.3 Å². The van der Waals surface area contributed by atoms with E-state index >= 15 is 0 Å². The molecule has 0 unspecified atom stereocenters. The summed E-state index contributed by atoms with van der Waals surface area (Å²) in [4.78, 5) is 0. The molecule has 0 saturated heterocycles. The molecule has 0 amide bonds. The predicted octanol–water partition coefficient (Wildman–Crippen LogP) is 2.17. The van der Waals surface area contributed by atoms with Gasteiger partial charge >= 0.3 is 0 Å². The van der Waals surface area contributed by atoms with Crippen LogP contribution < -0.4 is 9.47 Å². The third kappa shape index (κ3) is 1.75. The Hall–Kier alpha value is -1.97. The zero-order chi connectivity index (χ0) is 11.8. The Kier molecular flexibility index (Phi) is 2.28. The van der Waals surface area contributed by atoms with Crippen LogP contribution in [0.3, 0.4) is 0 Å². The molecule has 1 aromatic carbocycles. The summed E-state index contributed by atoms with van der Waals surface area (Å²) in [5, 5.41) is 4.34. The summed E-state index contributed by atoms with van der Waals surface area (Å²) in [7, 11) is 1.94. The second kappa shape index (κ2) is 3.80. The van der Waals surface area contributed by atoms with Crippen LogP contribution in [-0.4, -0.2) is 23.0 Å². The van der Waals surface area contributed by atoms with Gasteiger partial charge in [0.1, 0.15) is 13.2 Å². The largest absolute Gasteiger partial charge is 0.486 e. The van der Waals surface area contributed by atoms with Gasteiger partial charge in [-0.15, -0.1) is 0 Å². The highest BCUT2D eigenvalue weighted by Crippen LogP contribution is 2.34. The van der Waals surface area contributed by atoms with Crippen molar-refractivity contribution in [1.29, 1.82) is 0 Å². The number of nitrogens with zero attached hydrogens (tertiary/aromatic N) is 2. The predicted molar refractivity (Wildman–Crippen MR) is 64.4 cm³/mol. The highest BCUT2D eigenvalue weighted by atomic mass is 16.6. The van der Waals surface area contributed by atoms with Gasteiger partial charge in [-0.05, 0) is 31.2 Å². The topological polar surface area (TPSA) is 36.3 Å². The van der Waals surface area contributed by atoms with Gasteiger partial charge in [-0.3, -0.25) is 4.68 Å². The van der Waals surface area contributed by atoms with Crippen molar-refractivity contribution in [2.45, 2.75) is 6.92 Å². The minimum atomic E-state index is 0.612. The van der Waals surface area contributed by atoms with Crippen LogP contribution in [0.4, 0.5) is 0 Å². The Morgan fingerprint density at radius 2 is 1.88 bits per heavy atom. The van der Waals surface area contributed by atoms with Gasteiger partial charge in [0.15, 0.2) is 11.5 Å². The Morgan fingerprint density at radius 1 is 1.12 bits per heavy atom. The van der Waals surface area contributed by atoms with Crippen LogP contribution in [-0.2, 0) is 7.05 Å². The van der Waals surface area contributed by atoms with E-state index in [-0.39, 0.29) is 0 Å². The van der Waals surface area contributed by atoms with Crippen LogP contribution >= 0.6 is 0 Å². The van der Waals surface area contributed by atoms with Crippen LogP contribution in [0.2, 0.25) is 0 Å². The van der Waals surface area contributed by atoms with E-state index in [0.717, 1.165) is 28.5 Å². The molecule has 0 spiro atoms. The SMILES string of the molecule is Cc1cc(-c2ccc3c(c2)OCCO3)n(C)n1. The molecule has 0 atom stereocenters. The highest BCUT2D eigenvalue weighted by molar-refractivity contribution is 5.64. The average molecular weight is 230 g/mol. The number of ether oxygens (including phenoxy) is 2. The maximum absolute atomic E-state index is 5.58. The molecule has 0 saturated carbocycles. The summed E-state index contributed by atoms with van der Waals surface area (Å²) >= 11 is 0. The Labute approximate surface area is 99.8 Å². The second-order valence-electron chi connectivity index (χ2n) is 4.15. The van der Waals surface area contributed by atoms with E-state index < -0.39 is 0 Å². The van der Waals surface area contributed by atoms with Gasteiger partial charge in [0, 0.05) is 12.6 Å². The molecule has 4 heteroatoms. The van der Waals surface area contributed by atoms with E-state index in [1.807, 2.05) is 36.9 Å². The third-order valence-corrected chi connectivity index (χ3v) is 2.84. The Morgan fingerprint density at radius 3 is 2.59 bits per heavy atom. The summed E-state index contributed by atoms with van der Waals surface area (Å²) in [6, 6.07) is 8.05. The number of aromatic nitrogens is 2. The molecule has 0 bridgehead atoms. The highest BCUT2D eigenvalue weighted by Gasteiger charge is 2.13. The quantitative estimate of drug-likeness (QED) is 0.753. The summed E-state index contributed by atoms with van der Waals surface area (Å²) < 4.78 is 13.0. The molecule has 0 N–H and O–H groups in total. The molecule has 4 nitrogen and oxygen atoms in total. The summed E-state index contributed by atoms with van der Waals surface area (Å²) in [6.45, 7) is 3.22. The first-order chi connectivity index (χ1) is 8.24. The lowest BCUT2D eigenvalue weighted by Gasteiger charge is -2.18. The molecule has 0 radical (unpaired) electrons. The zero-order valence-electron chi connectivity index (χ0n) is 9.93. The zero-order valence-corrected chi connectivity index (χ0v) is 9.93. The lowest BCUT2D eigenvalue weighted by Crippen LogP contribution is -2.15. The first-order valence-electron chi connectivity index (χ1n) is 5.65. The van der Waals surface area contributed by atoms with Crippen molar-refractivity contribution in [1.82, 2.24) is 9.78 Å². The van der Waals surface area contributed by atoms with Crippen LogP contribution in [0.25, 0.3) is 11.3 Å². The Bertz CT molecular complexity index is 561. The first kappa shape index (κ1) is 10.2. The minimum absolute atomic E-state index is 0.612. The van der Waals surface area contributed by atoms with Gasteiger partial charge in [-0.25, -0.2) is 0 Å². The molecule has 88 valence electrons. The Balaban J connectivity index is 2.06. The standard InChI is InChI=1S/C13H14N2O2/c1-9-7-11(15(2)14-9)10-3-4-12-13(8-10)17-6-5-16-12/h3-4,7-8H,5-6H2,1-2H3. The lowest BCUT2D eigenvalue weighted by molar-refractivity contribution is 0.171. The van der Waals surface area contributed by atoms with Crippen molar-refractivity contribution in [2.24, 2.45) is 7.05 Å². The van der Waals surface area contributed by atoms with Gasteiger partial charge < -0.3 is 9.47 Å². The van der Waals surface area contributed by atoms with E-state index in [1.165, 1.54) is 0 Å². The van der Waals surface area contributed by atoms with Crippen LogP contribution in [0.1, 0.15) is 5.69 Å². The van der Waals surface area contributed by atoms with Crippen LogP contribution in [0, 0.1) is 6.92 Å². The molecule has 1 aliphatic heterocycles. The van der Waals surface area contributed by atoms with Crippen molar-refractivity contribution in [3.05, 3.63) is 30.0 Å². The van der Waals surface area contributed by atoms with E-state index in [4.69, 9.17) is 9.47 Å². The number of hydrogen-bond acceptors (Lipinski definition) is 3. The van der Waals surface area contributed by atoms with Gasteiger partial charge in [-0.2, -0.15) is 5.10 Å². The summed E-state index contributed by atoms with van der Waals surface area (Å²) in [5.74, 6) is 1.63. The number of hydrogen-bond donors (Lipinski definition) is 0. The summed E-state index contributed by atoms with van der Waals surface area (Å²) in [5.41, 5.74) is 3.19. The van der Waals surface area contributed by atoms with Crippen molar-refractivity contribution in [3.63, 3.8) is 0 Å². The van der Waals surface area contributed by atoms with Gasteiger partial charge in [0.25, 0.3) is 0 Å². The number of benzene rings is 1. The number of rotatable bonds is 1. The maximum atomic E-state index is 5.58. The van der Waals surface area contributed by atoms with E-state index in [1.54, 1.807) is 0 Å². The lowest BCUT2D eigenvalue weighted by atomic mass is 10.1. The summed E-state index contributed by atoms with van der Waals surface area (Å²) in [6.07, 6.45) is 0. The van der Waals surface area contributed by atoms with Gasteiger partial charge in [0.2, 0.25) is 0 Å². The van der Waals surface area contributed by atoms with Crippen molar-refractivity contribution < 1.29 is 9.47 Å². The first-order valence-corrected chi connectivity index (χ1v) is 5.65. The van der Waals surface area contributed by atoms with Crippen molar-refractivity contribution in [3.8, 4) is 22.8 Å². The number of fused-ring (bicyclic) bond motifs is 1. The number of aryl methyl sites for hydroxylation is 2. The maximum Gasteiger partial charge on any atom is 0.162 e. The average Bonchev–Trinajstić information content (AvgIpc) is 2.68. The normalized spacial score (nSPS) is 13.8. The van der Waals surface area contributed by atoms with Gasteiger partial charge in [-0.1, -0.05) is 0 Å². The van der Waals surface area contributed by atoms with E-state index in [9.17, 15) is 0 Å². The molecular formula is C13H14N2O2. The smallest absolute Gasteiger partial charge is 0.162 e. The molecule has 1 aromatic heterocycles. The second-order valence-corrected chi connectivity index (χ2v) is 4.15. The fraction of sp³-hybridized carbons (Fsp3) is 0.308. The molecule has 3 rings (SSSR count). The fourth-order valence-corrected chi connectivity index (χ4v) is 2.08. The molecule has 0 fully saturated rings. The van der Waals surface area contributed by atoms with E-state index in [0.29, 0.717) is 13.2 Å². The minimum Gasteiger partial charge on any atom is -0.486 e. The monoisotopic (exact) mass is 230 g/mol. The third-order valence-electron chi connectivity index (χ3n) is 2.84. The van der Waals surface area contributed by atoms with Gasteiger partial charge in [0.05, 0.1) is 11.4 Å². The molecule has 2 heterocycles. The molecule has 2 aromatic rings.